The van der Waals surface area contributed by atoms with E-state index < -0.39 is 0 Å². The largest absolute Gasteiger partial charge is 0.368 e. The van der Waals surface area contributed by atoms with E-state index in [-0.39, 0.29) is 0 Å². The van der Waals surface area contributed by atoms with Crippen molar-refractivity contribution in [3.05, 3.63) is 83.3 Å². The average Bonchev–Trinajstić information content (AvgIpc) is 3.15. The van der Waals surface area contributed by atoms with Crippen LogP contribution in [0.1, 0.15) is 63.4 Å². The number of piperidine rings is 1. The summed E-state index contributed by atoms with van der Waals surface area (Å²) in [4.78, 5) is 7.71. The van der Waals surface area contributed by atoms with Gasteiger partial charge in [-0.25, -0.2) is 0 Å². The van der Waals surface area contributed by atoms with Crippen LogP contribution in [0.2, 0.25) is 0 Å². The molecule has 1 unspecified atom stereocenters. The predicted octanol–water partition coefficient (Wildman–Crippen LogP) is 6.90. The van der Waals surface area contributed by atoms with Gasteiger partial charge >= 0.3 is 0 Å². The minimum atomic E-state index is 0.296. The summed E-state index contributed by atoms with van der Waals surface area (Å²) in [7, 11) is 0. The fourth-order valence-corrected chi connectivity index (χ4v) is 6.43. The van der Waals surface area contributed by atoms with Crippen LogP contribution in [-0.2, 0) is 6.42 Å². The van der Waals surface area contributed by atoms with E-state index in [0.717, 1.165) is 26.2 Å². The summed E-state index contributed by atoms with van der Waals surface area (Å²) in [6.45, 7) is 12.2. The van der Waals surface area contributed by atoms with Gasteiger partial charge in [-0.15, -0.1) is 5.73 Å². The maximum atomic E-state index is 4.09. The second-order valence-corrected chi connectivity index (χ2v) is 11.1. The molecule has 1 saturated carbocycles. The Bertz CT molecular complexity index is 994. The highest BCUT2D eigenvalue weighted by molar-refractivity contribution is 5.48. The van der Waals surface area contributed by atoms with E-state index in [2.05, 4.69) is 75.6 Å². The Morgan fingerprint density at radius 2 is 1.58 bits per heavy atom. The number of rotatable bonds is 8. The van der Waals surface area contributed by atoms with E-state index in [1.54, 1.807) is 11.1 Å². The third-order valence-electron chi connectivity index (χ3n) is 8.61. The number of hydrogen-bond acceptors (Lipinski definition) is 3. The van der Waals surface area contributed by atoms with E-state index >= 15 is 0 Å². The highest BCUT2D eigenvalue weighted by Gasteiger charge is 2.24. The number of piperazine rings is 1. The summed E-state index contributed by atoms with van der Waals surface area (Å²) in [6, 6.07) is 9.40. The molecule has 0 amide bonds. The topological polar surface area (TPSA) is 9.72 Å². The zero-order valence-electron chi connectivity index (χ0n) is 22.3. The van der Waals surface area contributed by atoms with Gasteiger partial charge < -0.3 is 14.7 Å². The van der Waals surface area contributed by atoms with Crippen molar-refractivity contribution in [3.63, 3.8) is 0 Å². The second-order valence-electron chi connectivity index (χ2n) is 11.1. The Morgan fingerprint density at radius 3 is 2.33 bits per heavy atom. The van der Waals surface area contributed by atoms with Gasteiger partial charge in [0.2, 0.25) is 0 Å². The SMILES string of the molecule is C=C=C(C1C=CC=C2CCCCC2=C1)N1CCN(c2ccc(CCCCN3CCCCC3)cc2)CC1. The summed E-state index contributed by atoms with van der Waals surface area (Å²) >= 11 is 0. The van der Waals surface area contributed by atoms with Gasteiger partial charge in [-0.3, -0.25) is 0 Å². The number of anilines is 1. The number of likely N-dealkylation sites (tertiary alicyclic amines) is 1. The summed E-state index contributed by atoms with van der Waals surface area (Å²) in [5.41, 5.74) is 10.5. The molecule has 2 aliphatic heterocycles. The maximum absolute atomic E-state index is 4.09. The summed E-state index contributed by atoms with van der Waals surface area (Å²) in [5, 5.41) is 0. The quantitative estimate of drug-likeness (QED) is 0.294. The molecule has 3 nitrogen and oxygen atoms in total. The summed E-state index contributed by atoms with van der Waals surface area (Å²) in [6.07, 6.45) is 22.6. The molecule has 0 N–H and O–H groups in total. The summed E-state index contributed by atoms with van der Waals surface area (Å²) in [5.74, 6) is 0.296. The molecule has 0 radical (unpaired) electrons. The molecule has 0 spiro atoms. The van der Waals surface area contributed by atoms with E-state index in [1.165, 1.54) is 101 Å². The lowest BCUT2D eigenvalue weighted by atomic mass is 9.87. The van der Waals surface area contributed by atoms with Crippen molar-refractivity contribution in [1.82, 2.24) is 9.80 Å². The lowest BCUT2D eigenvalue weighted by Gasteiger charge is -2.39. The molecule has 5 rings (SSSR count). The van der Waals surface area contributed by atoms with Crippen LogP contribution < -0.4 is 4.90 Å². The zero-order chi connectivity index (χ0) is 24.6. The second kappa shape index (κ2) is 12.7. The third kappa shape index (κ3) is 6.44. The van der Waals surface area contributed by atoms with Crippen molar-refractivity contribution in [1.29, 1.82) is 0 Å². The third-order valence-corrected chi connectivity index (χ3v) is 8.61. The number of nitrogens with zero attached hydrogens (tertiary/aromatic N) is 3. The maximum Gasteiger partial charge on any atom is 0.0668 e. The number of allylic oxidation sites excluding steroid dienone is 5. The van der Waals surface area contributed by atoms with E-state index in [1.807, 2.05) is 0 Å². The van der Waals surface area contributed by atoms with Gasteiger partial charge in [-0.05, 0) is 106 Å². The van der Waals surface area contributed by atoms with Crippen LogP contribution in [0.15, 0.2) is 77.7 Å². The van der Waals surface area contributed by atoms with Crippen molar-refractivity contribution >= 4 is 5.69 Å². The minimum absolute atomic E-state index is 0.296. The molecule has 2 heterocycles. The summed E-state index contributed by atoms with van der Waals surface area (Å²) < 4.78 is 0. The molecule has 1 aromatic rings. The lowest BCUT2D eigenvalue weighted by molar-refractivity contribution is 0.225. The van der Waals surface area contributed by atoms with Gasteiger partial charge in [0.25, 0.3) is 0 Å². The van der Waals surface area contributed by atoms with Crippen molar-refractivity contribution in [2.75, 3.05) is 50.7 Å². The van der Waals surface area contributed by atoms with Gasteiger partial charge in [0.15, 0.2) is 0 Å². The van der Waals surface area contributed by atoms with Crippen molar-refractivity contribution < 1.29 is 0 Å². The smallest absolute Gasteiger partial charge is 0.0668 e. The van der Waals surface area contributed by atoms with Crippen molar-refractivity contribution in [3.8, 4) is 0 Å². The number of benzene rings is 1. The number of hydrogen-bond donors (Lipinski definition) is 0. The van der Waals surface area contributed by atoms with Crippen LogP contribution in [0.25, 0.3) is 0 Å². The molecule has 4 aliphatic rings. The van der Waals surface area contributed by atoms with E-state index in [0.29, 0.717) is 5.92 Å². The van der Waals surface area contributed by atoms with Crippen molar-refractivity contribution in [2.24, 2.45) is 5.92 Å². The Hall–Kier alpha value is -2.48. The lowest BCUT2D eigenvalue weighted by Crippen LogP contribution is -2.46. The Kier molecular flexibility index (Phi) is 8.85. The fourth-order valence-electron chi connectivity index (χ4n) is 6.43. The molecular weight excluding hydrogens is 438 g/mol. The molecular formula is C33H45N3. The number of unbranched alkanes of at least 4 members (excludes halogenated alkanes) is 1. The molecule has 1 atom stereocenters. The van der Waals surface area contributed by atoms with Crippen LogP contribution in [0.3, 0.4) is 0 Å². The first-order valence-electron chi connectivity index (χ1n) is 14.6. The molecule has 3 heteroatoms. The van der Waals surface area contributed by atoms with Crippen LogP contribution in [0.4, 0.5) is 5.69 Å². The molecule has 2 aliphatic carbocycles. The molecule has 2 saturated heterocycles. The Balaban J connectivity index is 1.09. The molecule has 0 aromatic heterocycles. The van der Waals surface area contributed by atoms with Gasteiger partial charge in [-0.2, -0.15) is 0 Å². The van der Waals surface area contributed by atoms with Crippen LogP contribution in [0.5, 0.6) is 0 Å². The average molecular weight is 484 g/mol. The first-order chi connectivity index (χ1) is 17.8. The molecule has 192 valence electrons. The van der Waals surface area contributed by atoms with Gasteiger partial charge in [0.05, 0.1) is 5.70 Å². The zero-order valence-corrected chi connectivity index (χ0v) is 22.3. The predicted molar refractivity (Wildman–Crippen MR) is 153 cm³/mol. The standard InChI is InChI=1S/C33H45N3/c1-2-33(31-15-10-14-29-12-4-5-13-30(29)27-31)36-25-23-35(24-26-36)32-18-16-28(17-19-32)11-6-9-22-34-20-7-3-8-21-34/h10,14-19,27,31H,1,3-9,11-13,20-26H2. The Labute approximate surface area is 219 Å². The number of fused-ring (bicyclic) bond motifs is 1. The molecule has 36 heavy (non-hydrogen) atoms. The van der Waals surface area contributed by atoms with Gasteiger partial charge in [0.1, 0.15) is 0 Å². The van der Waals surface area contributed by atoms with Crippen molar-refractivity contribution in [2.45, 2.75) is 64.2 Å². The van der Waals surface area contributed by atoms with Gasteiger partial charge in [-0.1, -0.05) is 49.4 Å². The number of aryl methyl sites for hydroxylation is 1. The highest BCUT2D eigenvalue weighted by atomic mass is 15.3. The van der Waals surface area contributed by atoms with Crippen LogP contribution in [0, 0.1) is 5.92 Å². The normalized spacial score (nSPS) is 22.8. The molecule has 1 aromatic carbocycles. The first kappa shape index (κ1) is 25.2. The molecule has 3 fully saturated rings. The van der Waals surface area contributed by atoms with Gasteiger partial charge in [0, 0.05) is 37.8 Å². The van der Waals surface area contributed by atoms with Crippen LogP contribution in [-0.4, -0.2) is 55.6 Å². The highest BCUT2D eigenvalue weighted by Crippen LogP contribution is 2.34. The molecule has 0 bridgehead atoms. The van der Waals surface area contributed by atoms with E-state index in [9.17, 15) is 0 Å². The van der Waals surface area contributed by atoms with Crippen LogP contribution >= 0.6 is 0 Å². The Morgan fingerprint density at radius 1 is 0.833 bits per heavy atom. The minimum Gasteiger partial charge on any atom is -0.368 e. The van der Waals surface area contributed by atoms with E-state index in [4.69, 9.17) is 0 Å². The fraction of sp³-hybridized carbons (Fsp3) is 0.545. The first-order valence-corrected chi connectivity index (χ1v) is 14.6. The monoisotopic (exact) mass is 483 g/mol.